The topological polar surface area (TPSA) is 110 Å². The summed E-state index contributed by atoms with van der Waals surface area (Å²) in [5.41, 5.74) is 2.09. The van der Waals surface area contributed by atoms with Gasteiger partial charge in [0.25, 0.3) is 5.91 Å². The molecule has 0 aromatic heterocycles. The van der Waals surface area contributed by atoms with Gasteiger partial charge in [0.1, 0.15) is 11.3 Å². The second-order valence-electron chi connectivity index (χ2n) is 4.59. The van der Waals surface area contributed by atoms with Gasteiger partial charge in [-0.05, 0) is 24.5 Å². The molecule has 1 fully saturated rings. The normalized spacial score (nSPS) is 13.9. The molecule has 1 aliphatic rings. The molecular formula is C12H16N4O3. The van der Waals surface area contributed by atoms with Gasteiger partial charge in [-0.3, -0.25) is 20.8 Å². The summed E-state index contributed by atoms with van der Waals surface area (Å²) in [6, 6.07) is 4.43. The molecule has 1 amide bonds. The molecule has 102 valence electrons. The monoisotopic (exact) mass is 264 g/mol. The molecule has 1 aromatic carbocycles. The van der Waals surface area contributed by atoms with E-state index >= 15 is 0 Å². The number of rotatable bonds is 6. The fraction of sp³-hybridized carbons (Fsp3) is 0.417. The largest absolute Gasteiger partial charge is 0.352 e. The minimum absolute atomic E-state index is 0.0243. The lowest BCUT2D eigenvalue weighted by Crippen LogP contribution is -2.26. The molecule has 7 heteroatoms. The van der Waals surface area contributed by atoms with Crippen molar-refractivity contribution in [2.24, 2.45) is 11.8 Å². The average Bonchev–Trinajstić information content (AvgIpc) is 3.21. The number of nitro groups is 1. The van der Waals surface area contributed by atoms with Crippen LogP contribution in [0.15, 0.2) is 18.2 Å². The van der Waals surface area contributed by atoms with Gasteiger partial charge >= 0.3 is 5.69 Å². The highest BCUT2D eigenvalue weighted by Crippen LogP contribution is 2.32. The van der Waals surface area contributed by atoms with E-state index in [-0.39, 0.29) is 16.9 Å². The fourth-order valence-electron chi connectivity index (χ4n) is 1.93. The van der Waals surface area contributed by atoms with Crippen LogP contribution in [0.1, 0.15) is 29.6 Å². The lowest BCUT2D eigenvalue weighted by molar-refractivity contribution is -0.384. The van der Waals surface area contributed by atoms with E-state index in [0.717, 1.165) is 6.42 Å². The van der Waals surface area contributed by atoms with E-state index in [1.54, 1.807) is 6.07 Å². The first kappa shape index (κ1) is 13.3. The quantitative estimate of drug-likeness (QED) is 0.409. The molecule has 2 rings (SSSR count). The summed E-state index contributed by atoms with van der Waals surface area (Å²) < 4.78 is 0. The molecular weight excluding hydrogens is 248 g/mol. The number of hydrogen-bond donors (Lipinski definition) is 3. The summed E-state index contributed by atoms with van der Waals surface area (Å²) in [5.74, 6) is 5.48. The zero-order valence-electron chi connectivity index (χ0n) is 10.4. The number of hydrogen-bond acceptors (Lipinski definition) is 5. The Bertz CT molecular complexity index is 500. The zero-order valence-corrected chi connectivity index (χ0v) is 10.4. The number of anilines is 1. The van der Waals surface area contributed by atoms with Gasteiger partial charge in [0, 0.05) is 6.54 Å². The van der Waals surface area contributed by atoms with Crippen LogP contribution in [-0.4, -0.2) is 17.4 Å². The van der Waals surface area contributed by atoms with Crippen LogP contribution in [0.4, 0.5) is 11.4 Å². The van der Waals surface area contributed by atoms with Crippen LogP contribution in [0.5, 0.6) is 0 Å². The minimum Gasteiger partial charge on any atom is -0.352 e. The summed E-state index contributed by atoms with van der Waals surface area (Å²) in [4.78, 5) is 22.4. The molecule has 0 unspecified atom stereocenters. The van der Waals surface area contributed by atoms with E-state index < -0.39 is 10.8 Å². The van der Waals surface area contributed by atoms with E-state index in [1.165, 1.54) is 25.0 Å². The number of para-hydroxylation sites is 1. The van der Waals surface area contributed by atoms with Gasteiger partial charge in [-0.15, -0.1) is 0 Å². The van der Waals surface area contributed by atoms with Crippen LogP contribution in [0.2, 0.25) is 0 Å². The van der Waals surface area contributed by atoms with Crippen LogP contribution < -0.4 is 16.6 Å². The molecule has 1 aliphatic carbocycles. The average molecular weight is 264 g/mol. The third kappa shape index (κ3) is 3.19. The maximum absolute atomic E-state index is 12.0. The van der Waals surface area contributed by atoms with Gasteiger partial charge in [-0.2, -0.15) is 0 Å². The Morgan fingerprint density at radius 1 is 1.47 bits per heavy atom. The first-order chi connectivity index (χ1) is 9.13. The van der Waals surface area contributed by atoms with Crippen molar-refractivity contribution in [2.45, 2.75) is 19.3 Å². The van der Waals surface area contributed by atoms with E-state index in [2.05, 4.69) is 10.7 Å². The summed E-state index contributed by atoms with van der Waals surface area (Å²) in [7, 11) is 0. The predicted molar refractivity (Wildman–Crippen MR) is 70.6 cm³/mol. The van der Waals surface area contributed by atoms with Gasteiger partial charge in [0.15, 0.2) is 0 Å². The van der Waals surface area contributed by atoms with Crippen LogP contribution >= 0.6 is 0 Å². The van der Waals surface area contributed by atoms with Crippen molar-refractivity contribution in [3.63, 3.8) is 0 Å². The maximum atomic E-state index is 12.0. The van der Waals surface area contributed by atoms with Gasteiger partial charge in [0.2, 0.25) is 0 Å². The number of nitrogens with one attached hydrogen (secondary N) is 2. The van der Waals surface area contributed by atoms with Crippen molar-refractivity contribution >= 4 is 17.3 Å². The zero-order chi connectivity index (χ0) is 13.8. The molecule has 1 saturated carbocycles. The van der Waals surface area contributed by atoms with Crippen LogP contribution in [0.3, 0.4) is 0 Å². The van der Waals surface area contributed by atoms with Crippen molar-refractivity contribution in [2.75, 3.05) is 12.0 Å². The number of nitrogens with two attached hydrogens (primary N) is 1. The summed E-state index contributed by atoms with van der Waals surface area (Å²) in [6.45, 7) is 0.543. The third-order valence-corrected chi connectivity index (χ3v) is 3.15. The SMILES string of the molecule is NNc1cccc(C(=O)NCCC2CC2)c1[N+](=O)[O-]. The maximum Gasteiger partial charge on any atom is 0.306 e. The molecule has 0 heterocycles. The Labute approximate surface area is 110 Å². The lowest BCUT2D eigenvalue weighted by Gasteiger charge is -2.08. The Balaban J connectivity index is 2.12. The van der Waals surface area contributed by atoms with Crippen LogP contribution in [0.25, 0.3) is 0 Å². The van der Waals surface area contributed by atoms with Crippen LogP contribution in [0, 0.1) is 16.0 Å². The molecule has 7 nitrogen and oxygen atoms in total. The highest BCUT2D eigenvalue weighted by atomic mass is 16.6. The Morgan fingerprint density at radius 2 is 2.21 bits per heavy atom. The van der Waals surface area contributed by atoms with Crippen LogP contribution in [-0.2, 0) is 0 Å². The number of benzene rings is 1. The molecule has 0 radical (unpaired) electrons. The van der Waals surface area contributed by atoms with E-state index in [9.17, 15) is 14.9 Å². The molecule has 0 saturated heterocycles. The molecule has 4 N–H and O–H groups in total. The van der Waals surface area contributed by atoms with Crippen molar-refractivity contribution in [1.29, 1.82) is 0 Å². The summed E-state index contributed by atoms with van der Waals surface area (Å²) >= 11 is 0. The first-order valence-corrected chi connectivity index (χ1v) is 6.15. The molecule has 19 heavy (non-hydrogen) atoms. The highest BCUT2D eigenvalue weighted by Gasteiger charge is 2.25. The summed E-state index contributed by atoms with van der Waals surface area (Å²) in [6.07, 6.45) is 3.35. The Kier molecular flexibility index (Phi) is 3.96. The second kappa shape index (κ2) is 5.66. The van der Waals surface area contributed by atoms with Crippen molar-refractivity contribution in [3.05, 3.63) is 33.9 Å². The standard InChI is InChI=1S/C12H16N4O3/c13-15-10-3-1-2-9(11(10)16(18)19)12(17)14-7-6-8-4-5-8/h1-3,8,15H,4-7,13H2,(H,14,17). The van der Waals surface area contributed by atoms with E-state index in [0.29, 0.717) is 12.5 Å². The molecule has 0 spiro atoms. The Hall–Kier alpha value is -2.15. The highest BCUT2D eigenvalue weighted by molar-refractivity contribution is 6.00. The number of nitrogen functional groups attached to an aromatic ring is 1. The first-order valence-electron chi connectivity index (χ1n) is 6.15. The molecule has 0 atom stereocenters. The molecule has 0 aliphatic heterocycles. The molecule has 1 aromatic rings. The smallest absolute Gasteiger partial charge is 0.306 e. The van der Waals surface area contributed by atoms with Gasteiger partial charge < -0.3 is 10.7 Å². The number of amides is 1. The molecule has 0 bridgehead atoms. The minimum atomic E-state index is -0.606. The fourth-order valence-corrected chi connectivity index (χ4v) is 1.93. The van der Waals surface area contributed by atoms with Gasteiger partial charge in [-0.1, -0.05) is 18.9 Å². The van der Waals surface area contributed by atoms with E-state index in [4.69, 9.17) is 5.84 Å². The second-order valence-corrected chi connectivity index (χ2v) is 4.59. The number of carbonyl (C=O) groups excluding carboxylic acids is 1. The van der Waals surface area contributed by atoms with Gasteiger partial charge in [0.05, 0.1) is 4.92 Å². The van der Waals surface area contributed by atoms with Crippen molar-refractivity contribution in [1.82, 2.24) is 5.32 Å². The summed E-state index contributed by atoms with van der Waals surface area (Å²) in [5, 5.41) is 13.7. The van der Waals surface area contributed by atoms with E-state index in [1.807, 2.05) is 0 Å². The number of nitrogens with zero attached hydrogens (tertiary/aromatic N) is 1. The van der Waals surface area contributed by atoms with Gasteiger partial charge in [-0.25, -0.2) is 0 Å². The lowest BCUT2D eigenvalue weighted by atomic mass is 10.1. The number of hydrazine groups is 1. The van der Waals surface area contributed by atoms with Crippen molar-refractivity contribution in [3.8, 4) is 0 Å². The predicted octanol–water partition coefficient (Wildman–Crippen LogP) is 1.41. The Morgan fingerprint density at radius 3 is 2.79 bits per heavy atom. The third-order valence-electron chi connectivity index (χ3n) is 3.15. The number of nitro benzene ring substituents is 1. The number of carbonyl (C=O) groups is 1. The van der Waals surface area contributed by atoms with Crippen molar-refractivity contribution < 1.29 is 9.72 Å².